The number of nitrogens with zero attached hydrogens (tertiary/aromatic N) is 1. The molecule has 0 radical (unpaired) electrons. The van der Waals surface area contributed by atoms with E-state index in [-0.39, 0.29) is 24.6 Å². The first-order valence-electron chi connectivity index (χ1n) is 7.34. The Kier molecular flexibility index (Phi) is 5.76. The Hall–Kier alpha value is -2.16. The zero-order valence-corrected chi connectivity index (χ0v) is 12.7. The minimum Gasteiger partial charge on any atom is -0.353 e. The molecule has 5 nitrogen and oxygen atoms in total. The van der Waals surface area contributed by atoms with E-state index >= 15 is 0 Å². The Morgan fingerprint density at radius 2 is 1.96 bits per heavy atom. The van der Waals surface area contributed by atoms with Crippen molar-refractivity contribution in [2.75, 3.05) is 26.2 Å². The summed E-state index contributed by atoms with van der Waals surface area (Å²) in [7, 11) is 0. The second-order valence-electron chi connectivity index (χ2n) is 5.47. The first kappa shape index (κ1) is 18.2. The van der Waals surface area contributed by atoms with Gasteiger partial charge in [0, 0.05) is 19.1 Å². The molecule has 0 aliphatic carbocycles. The van der Waals surface area contributed by atoms with Crippen LogP contribution in [0.3, 0.4) is 0 Å². The van der Waals surface area contributed by atoms with Crippen LogP contribution >= 0.6 is 0 Å². The maximum atomic E-state index is 12.9. The SMILES string of the molecule is O=C1CN(C(=O)CN[C@H](CC(F)(F)F)c2ccc(F)cc2)CCN1. The lowest BCUT2D eigenvalue weighted by atomic mass is 10.0. The number of halogens is 4. The molecule has 2 N–H and O–H groups in total. The van der Waals surface area contributed by atoms with Crippen LogP contribution in [0.2, 0.25) is 0 Å². The Labute approximate surface area is 136 Å². The van der Waals surface area contributed by atoms with Crippen LogP contribution in [0.4, 0.5) is 17.6 Å². The molecule has 1 aliphatic rings. The lowest BCUT2D eigenvalue weighted by molar-refractivity contribution is -0.143. The standard InChI is InChI=1S/C15H17F4N3O2/c16-11-3-1-10(2-4-11)12(7-15(17,18)19)21-8-14(24)22-6-5-20-13(23)9-22/h1-4,12,21H,5-9H2,(H,20,23)/t12-/m1/s1. The summed E-state index contributed by atoms with van der Waals surface area (Å²) in [5.74, 6) is -1.32. The number of alkyl halides is 3. The van der Waals surface area contributed by atoms with Crippen LogP contribution in [-0.2, 0) is 9.59 Å². The maximum Gasteiger partial charge on any atom is 0.390 e. The van der Waals surface area contributed by atoms with E-state index in [4.69, 9.17) is 0 Å². The van der Waals surface area contributed by atoms with Crippen molar-refractivity contribution >= 4 is 11.8 Å². The number of rotatable bonds is 5. The van der Waals surface area contributed by atoms with Gasteiger partial charge in [0.05, 0.1) is 19.5 Å². The normalized spacial score (nSPS) is 16.7. The highest BCUT2D eigenvalue weighted by atomic mass is 19.4. The van der Waals surface area contributed by atoms with Gasteiger partial charge in [-0.3, -0.25) is 9.59 Å². The third-order valence-corrected chi connectivity index (χ3v) is 3.60. The van der Waals surface area contributed by atoms with Gasteiger partial charge in [0.1, 0.15) is 5.82 Å². The average molecular weight is 347 g/mol. The van der Waals surface area contributed by atoms with Crippen LogP contribution in [0.1, 0.15) is 18.0 Å². The molecule has 1 aromatic carbocycles. The van der Waals surface area contributed by atoms with Gasteiger partial charge in [0.15, 0.2) is 0 Å². The van der Waals surface area contributed by atoms with Gasteiger partial charge in [-0.2, -0.15) is 13.2 Å². The van der Waals surface area contributed by atoms with Crippen molar-refractivity contribution < 1.29 is 27.2 Å². The van der Waals surface area contributed by atoms with Crippen molar-refractivity contribution in [3.05, 3.63) is 35.6 Å². The van der Waals surface area contributed by atoms with Gasteiger partial charge in [-0.1, -0.05) is 12.1 Å². The smallest absolute Gasteiger partial charge is 0.353 e. The van der Waals surface area contributed by atoms with Crippen molar-refractivity contribution in [2.45, 2.75) is 18.6 Å². The van der Waals surface area contributed by atoms with Crippen molar-refractivity contribution in [1.29, 1.82) is 0 Å². The lowest BCUT2D eigenvalue weighted by Crippen LogP contribution is -2.52. The number of amides is 2. The summed E-state index contributed by atoms with van der Waals surface area (Å²) < 4.78 is 51.2. The Bertz CT molecular complexity index is 589. The Morgan fingerprint density at radius 1 is 1.29 bits per heavy atom. The van der Waals surface area contributed by atoms with E-state index in [0.29, 0.717) is 13.1 Å². The van der Waals surface area contributed by atoms with Gasteiger partial charge in [-0.05, 0) is 17.7 Å². The first-order chi connectivity index (χ1) is 11.2. The highest BCUT2D eigenvalue weighted by Crippen LogP contribution is 2.29. The molecule has 0 aromatic heterocycles. The second-order valence-corrected chi connectivity index (χ2v) is 5.47. The molecule has 1 atom stereocenters. The number of carbonyl (C=O) groups is 2. The van der Waals surface area contributed by atoms with Gasteiger partial charge < -0.3 is 15.5 Å². The number of hydrogen-bond donors (Lipinski definition) is 2. The predicted molar refractivity (Wildman–Crippen MR) is 77.4 cm³/mol. The van der Waals surface area contributed by atoms with E-state index in [1.54, 1.807) is 0 Å². The molecule has 1 aliphatic heterocycles. The number of carbonyl (C=O) groups excluding carboxylic acids is 2. The molecule has 0 saturated carbocycles. The molecule has 24 heavy (non-hydrogen) atoms. The molecule has 0 bridgehead atoms. The van der Waals surface area contributed by atoms with Crippen LogP contribution in [-0.4, -0.2) is 49.1 Å². The fraction of sp³-hybridized carbons (Fsp3) is 0.467. The molecule has 1 aromatic rings. The lowest BCUT2D eigenvalue weighted by Gasteiger charge is -2.28. The van der Waals surface area contributed by atoms with Crippen LogP contribution < -0.4 is 10.6 Å². The van der Waals surface area contributed by atoms with E-state index in [1.807, 2.05) is 0 Å². The molecule has 9 heteroatoms. The Morgan fingerprint density at radius 3 is 2.54 bits per heavy atom. The van der Waals surface area contributed by atoms with Crippen LogP contribution in [0.15, 0.2) is 24.3 Å². The first-order valence-corrected chi connectivity index (χ1v) is 7.34. The molecule has 1 heterocycles. The predicted octanol–water partition coefficient (Wildman–Crippen LogP) is 1.37. The summed E-state index contributed by atoms with van der Waals surface area (Å²) in [5.41, 5.74) is 0.234. The quantitative estimate of drug-likeness (QED) is 0.791. The highest BCUT2D eigenvalue weighted by Gasteiger charge is 2.33. The van der Waals surface area contributed by atoms with Crippen molar-refractivity contribution in [1.82, 2.24) is 15.5 Å². The number of benzene rings is 1. The van der Waals surface area contributed by atoms with Crippen LogP contribution in [0.25, 0.3) is 0 Å². The zero-order chi connectivity index (χ0) is 17.7. The van der Waals surface area contributed by atoms with E-state index in [0.717, 1.165) is 12.1 Å². The molecule has 2 amide bonds. The van der Waals surface area contributed by atoms with Gasteiger partial charge >= 0.3 is 6.18 Å². The third-order valence-electron chi connectivity index (χ3n) is 3.60. The van der Waals surface area contributed by atoms with Crippen LogP contribution in [0, 0.1) is 5.82 Å². The average Bonchev–Trinajstić information content (AvgIpc) is 2.51. The molecule has 2 rings (SSSR count). The molecule has 0 spiro atoms. The van der Waals surface area contributed by atoms with Gasteiger partial charge in [0.2, 0.25) is 11.8 Å². The zero-order valence-electron chi connectivity index (χ0n) is 12.7. The van der Waals surface area contributed by atoms with Gasteiger partial charge in [0.25, 0.3) is 0 Å². The maximum absolute atomic E-state index is 12.9. The summed E-state index contributed by atoms with van der Waals surface area (Å²) in [5, 5.41) is 5.12. The van der Waals surface area contributed by atoms with Crippen molar-refractivity contribution in [2.24, 2.45) is 0 Å². The minimum absolute atomic E-state index is 0.110. The number of hydrogen-bond acceptors (Lipinski definition) is 3. The third kappa shape index (κ3) is 5.48. The summed E-state index contributed by atoms with van der Waals surface area (Å²) >= 11 is 0. The molecule has 1 fully saturated rings. The topological polar surface area (TPSA) is 61.4 Å². The summed E-state index contributed by atoms with van der Waals surface area (Å²) in [6.07, 6.45) is -5.63. The monoisotopic (exact) mass is 347 g/mol. The Balaban J connectivity index is 2.01. The van der Waals surface area contributed by atoms with E-state index in [2.05, 4.69) is 10.6 Å². The second kappa shape index (κ2) is 7.61. The highest BCUT2D eigenvalue weighted by molar-refractivity contribution is 5.86. The molecular formula is C15H17F4N3O2. The number of nitrogens with one attached hydrogen (secondary N) is 2. The molecular weight excluding hydrogens is 330 g/mol. The largest absolute Gasteiger partial charge is 0.390 e. The van der Waals surface area contributed by atoms with E-state index in [1.165, 1.54) is 17.0 Å². The van der Waals surface area contributed by atoms with E-state index in [9.17, 15) is 27.2 Å². The summed E-state index contributed by atoms with van der Waals surface area (Å²) in [6, 6.07) is 3.46. The van der Waals surface area contributed by atoms with Gasteiger partial charge in [-0.15, -0.1) is 0 Å². The minimum atomic E-state index is -4.44. The van der Waals surface area contributed by atoms with Crippen LogP contribution in [0.5, 0.6) is 0 Å². The molecule has 132 valence electrons. The fourth-order valence-electron chi connectivity index (χ4n) is 2.41. The summed E-state index contributed by atoms with van der Waals surface area (Å²) in [6.45, 7) is 0.174. The van der Waals surface area contributed by atoms with E-state index < -0.39 is 30.4 Å². The number of piperazine rings is 1. The van der Waals surface area contributed by atoms with Gasteiger partial charge in [-0.25, -0.2) is 4.39 Å². The molecule has 0 unspecified atom stereocenters. The molecule has 1 saturated heterocycles. The van der Waals surface area contributed by atoms with Crippen molar-refractivity contribution in [3.63, 3.8) is 0 Å². The fourth-order valence-corrected chi connectivity index (χ4v) is 2.41. The summed E-state index contributed by atoms with van der Waals surface area (Å²) in [4.78, 5) is 24.6. The van der Waals surface area contributed by atoms with Crippen molar-refractivity contribution in [3.8, 4) is 0 Å².